The number of ether oxygens (including phenoxy) is 2. The molecule has 2 aromatic carbocycles. The summed E-state index contributed by atoms with van der Waals surface area (Å²) < 4.78 is 11.7. The Bertz CT molecular complexity index is 1210. The zero-order valence-corrected chi connectivity index (χ0v) is 19.9. The van der Waals surface area contributed by atoms with Gasteiger partial charge in [0.2, 0.25) is 5.88 Å². The standard InChI is InChI=1S/C28H29N3O5/c32-27(33)20-8-6-19(7-9-20)18-36-26-13-11-22(17-29-26)21-10-12-24-25(16-21)35-15-14-31(24)28(34)30-23-4-2-1-3-5-23/h1-5,10-13,16-17,19-20H,6-9,14-15,18H2,(H,30,34)(H,32,33). The predicted molar refractivity (Wildman–Crippen MR) is 137 cm³/mol. The van der Waals surface area contributed by atoms with Crippen molar-refractivity contribution in [1.29, 1.82) is 0 Å². The minimum Gasteiger partial charge on any atom is -0.490 e. The molecule has 0 radical (unpaired) electrons. The molecule has 1 saturated carbocycles. The molecule has 2 aliphatic rings. The average molecular weight is 488 g/mol. The lowest BCUT2D eigenvalue weighted by atomic mass is 9.82. The second-order valence-electron chi connectivity index (χ2n) is 9.23. The summed E-state index contributed by atoms with van der Waals surface area (Å²) in [4.78, 5) is 30.1. The number of hydrogen-bond donors (Lipinski definition) is 2. The molecule has 0 unspecified atom stereocenters. The molecule has 1 aromatic heterocycles. The van der Waals surface area contributed by atoms with Crippen molar-refractivity contribution < 1.29 is 24.2 Å². The number of urea groups is 1. The lowest BCUT2D eigenvalue weighted by molar-refractivity contribution is -0.143. The quantitative estimate of drug-likeness (QED) is 0.480. The Kier molecular flexibility index (Phi) is 7.02. The van der Waals surface area contributed by atoms with Gasteiger partial charge in [0.05, 0.1) is 24.8 Å². The van der Waals surface area contributed by atoms with Gasteiger partial charge in [-0.05, 0) is 67.5 Å². The number of anilines is 2. The number of amides is 2. The van der Waals surface area contributed by atoms with Crippen LogP contribution >= 0.6 is 0 Å². The van der Waals surface area contributed by atoms with Gasteiger partial charge in [0.1, 0.15) is 12.4 Å². The Labute approximate surface area is 209 Å². The van der Waals surface area contributed by atoms with Crippen LogP contribution in [0, 0.1) is 11.8 Å². The van der Waals surface area contributed by atoms with E-state index in [2.05, 4.69) is 10.3 Å². The van der Waals surface area contributed by atoms with Crippen LogP contribution in [0.1, 0.15) is 25.7 Å². The van der Waals surface area contributed by atoms with Crippen LogP contribution in [0.15, 0.2) is 66.9 Å². The van der Waals surface area contributed by atoms with E-state index in [1.807, 2.05) is 60.7 Å². The van der Waals surface area contributed by atoms with Crippen molar-refractivity contribution in [1.82, 2.24) is 4.98 Å². The highest BCUT2D eigenvalue weighted by Gasteiger charge is 2.26. The first-order valence-corrected chi connectivity index (χ1v) is 12.3. The molecule has 1 aliphatic carbocycles. The highest BCUT2D eigenvalue weighted by atomic mass is 16.5. The van der Waals surface area contributed by atoms with Gasteiger partial charge in [-0.1, -0.05) is 24.3 Å². The number of nitrogens with one attached hydrogen (secondary N) is 1. The van der Waals surface area contributed by atoms with E-state index in [0.717, 1.165) is 35.3 Å². The minimum absolute atomic E-state index is 0.196. The first-order chi connectivity index (χ1) is 17.6. The Morgan fingerprint density at radius 3 is 2.53 bits per heavy atom. The van der Waals surface area contributed by atoms with Crippen LogP contribution in [0.25, 0.3) is 11.1 Å². The fraction of sp³-hybridized carbons (Fsp3) is 0.321. The molecule has 1 aliphatic heterocycles. The molecule has 0 spiro atoms. The summed E-state index contributed by atoms with van der Waals surface area (Å²) in [6, 6.07) is 18.8. The number of fused-ring (bicyclic) bond motifs is 1. The van der Waals surface area contributed by atoms with Gasteiger partial charge < -0.3 is 19.9 Å². The number of carbonyl (C=O) groups is 2. The summed E-state index contributed by atoms with van der Waals surface area (Å²) in [6.07, 6.45) is 4.92. The molecule has 0 saturated heterocycles. The van der Waals surface area contributed by atoms with Crippen molar-refractivity contribution in [2.24, 2.45) is 11.8 Å². The van der Waals surface area contributed by atoms with Crippen LogP contribution in [0.3, 0.4) is 0 Å². The number of pyridine rings is 1. The number of carbonyl (C=O) groups excluding carboxylic acids is 1. The van der Waals surface area contributed by atoms with Crippen molar-refractivity contribution in [3.05, 3.63) is 66.9 Å². The van der Waals surface area contributed by atoms with Crippen molar-refractivity contribution >= 4 is 23.4 Å². The molecule has 0 bridgehead atoms. The van der Waals surface area contributed by atoms with Crippen molar-refractivity contribution in [2.75, 3.05) is 30.0 Å². The molecule has 2 N–H and O–H groups in total. The van der Waals surface area contributed by atoms with E-state index in [4.69, 9.17) is 14.6 Å². The smallest absolute Gasteiger partial charge is 0.326 e. The fourth-order valence-corrected chi connectivity index (χ4v) is 4.74. The Hall–Kier alpha value is -4.07. The molecule has 2 amide bonds. The Morgan fingerprint density at radius 1 is 1.03 bits per heavy atom. The normalized spacial score (nSPS) is 19.1. The van der Waals surface area contributed by atoms with E-state index in [1.165, 1.54) is 0 Å². The maximum Gasteiger partial charge on any atom is 0.326 e. The summed E-state index contributed by atoms with van der Waals surface area (Å²) in [5.74, 6) is 0.658. The summed E-state index contributed by atoms with van der Waals surface area (Å²) in [7, 11) is 0. The summed E-state index contributed by atoms with van der Waals surface area (Å²) in [5, 5.41) is 12.1. The zero-order valence-electron chi connectivity index (χ0n) is 19.9. The molecule has 1 fully saturated rings. The van der Waals surface area contributed by atoms with Crippen LogP contribution < -0.4 is 19.7 Å². The van der Waals surface area contributed by atoms with Crippen LogP contribution in [0.5, 0.6) is 11.6 Å². The SMILES string of the molecule is O=C(O)C1CCC(COc2ccc(-c3ccc4c(c3)OCCN4C(=O)Nc3ccccc3)cn2)CC1. The van der Waals surface area contributed by atoms with Gasteiger partial charge in [0.25, 0.3) is 0 Å². The van der Waals surface area contributed by atoms with Gasteiger partial charge >= 0.3 is 12.0 Å². The average Bonchev–Trinajstić information content (AvgIpc) is 2.92. The minimum atomic E-state index is -0.692. The van der Waals surface area contributed by atoms with Crippen LogP contribution in [0.4, 0.5) is 16.2 Å². The highest BCUT2D eigenvalue weighted by Crippen LogP contribution is 2.36. The molecule has 2 heterocycles. The monoisotopic (exact) mass is 487 g/mol. The van der Waals surface area contributed by atoms with Crippen LogP contribution in [0.2, 0.25) is 0 Å². The van der Waals surface area contributed by atoms with Crippen LogP contribution in [-0.2, 0) is 4.79 Å². The van der Waals surface area contributed by atoms with Gasteiger partial charge in [-0.2, -0.15) is 0 Å². The first-order valence-electron chi connectivity index (χ1n) is 12.3. The van der Waals surface area contributed by atoms with Crippen molar-refractivity contribution in [3.63, 3.8) is 0 Å². The van der Waals surface area contributed by atoms with E-state index in [-0.39, 0.29) is 11.9 Å². The third-order valence-corrected chi connectivity index (χ3v) is 6.83. The molecule has 186 valence electrons. The third-order valence-electron chi connectivity index (χ3n) is 6.83. The van der Waals surface area contributed by atoms with E-state index in [9.17, 15) is 9.59 Å². The lowest BCUT2D eigenvalue weighted by Gasteiger charge is -2.30. The molecule has 5 rings (SSSR count). The van der Waals surface area contributed by atoms with Gasteiger partial charge in [0.15, 0.2) is 0 Å². The number of benzene rings is 2. The summed E-state index contributed by atoms with van der Waals surface area (Å²) in [5.41, 5.74) is 3.32. The van der Waals surface area contributed by atoms with E-state index >= 15 is 0 Å². The maximum absolute atomic E-state index is 12.9. The lowest BCUT2D eigenvalue weighted by Crippen LogP contribution is -2.40. The first kappa shape index (κ1) is 23.7. The van der Waals surface area contributed by atoms with E-state index < -0.39 is 5.97 Å². The van der Waals surface area contributed by atoms with Gasteiger partial charge in [-0.25, -0.2) is 9.78 Å². The van der Waals surface area contributed by atoms with E-state index in [0.29, 0.717) is 50.1 Å². The number of nitrogens with zero attached hydrogens (tertiary/aromatic N) is 2. The molecular weight excluding hydrogens is 458 g/mol. The largest absolute Gasteiger partial charge is 0.490 e. The summed E-state index contributed by atoms with van der Waals surface area (Å²) in [6.45, 7) is 1.43. The molecule has 8 nitrogen and oxygen atoms in total. The number of hydrogen-bond acceptors (Lipinski definition) is 5. The van der Waals surface area contributed by atoms with Crippen molar-refractivity contribution in [2.45, 2.75) is 25.7 Å². The van der Waals surface area contributed by atoms with Gasteiger partial charge in [-0.15, -0.1) is 0 Å². The van der Waals surface area contributed by atoms with Gasteiger partial charge in [0, 0.05) is 23.5 Å². The van der Waals surface area contributed by atoms with Crippen molar-refractivity contribution in [3.8, 4) is 22.8 Å². The number of para-hydroxylation sites is 1. The fourth-order valence-electron chi connectivity index (χ4n) is 4.74. The predicted octanol–water partition coefficient (Wildman–Crippen LogP) is 5.45. The Morgan fingerprint density at radius 2 is 1.81 bits per heavy atom. The zero-order chi connectivity index (χ0) is 24.9. The molecule has 0 atom stereocenters. The number of carboxylic acid groups (broad SMARTS) is 1. The topological polar surface area (TPSA) is 101 Å². The Balaban J connectivity index is 1.21. The number of carboxylic acids is 1. The van der Waals surface area contributed by atoms with Crippen LogP contribution in [-0.4, -0.2) is 41.8 Å². The molecular formula is C28H29N3O5. The highest BCUT2D eigenvalue weighted by molar-refractivity contribution is 6.03. The number of aliphatic carboxylic acids is 1. The van der Waals surface area contributed by atoms with Gasteiger partial charge in [-0.3, -0.25) is 9.69 Å². The second-order valence-corrected chi connectivity index (χ2v) is 9.23. The summed E-state index contributed by atoms with van der Waals surface area (Å²) >= 11 is 0. The second kappa shape index (κ2) is 10.7. The molecule has 3 aromatic rings. The van der Waals surface area contributed by atoms with E-state index in [1.54, 1.807) is 11.1 Å². The molecule has 8 heteroatoms. The third kappa shape index (κ3) is 5.43. The molecule has 36 heavy (non-hydrogen) atoms. The number of aromatic nitrogens is 1. The maximum atomic E-state index is 12.9. The number of rotatable bonds is 6.